The zero-order valence-electron chi connectivity index (χ0n) is 14.0. The van der Waals surface area contributed by atoms with Crippen LogP contribution in [0, 0.1) is 0 Å². The minimum atomic E-state index is -0.252. The standard InChI is InChI=1S/C18H27BO2/c1-15(10-9-13-16-11-7-6-8-12-16)14-19-20-17(2,3)18(4,5)21-19/h6-8,11-12,14H,9-10,13H2,1-5H3/b15-14+. The van der Waals surface area contributed by atoms with Crippen LogP contribution in [0.25, 0.3) is 0 Å². The van der Waals surface area contributed by atoms with Gasteiger partial charge in [-0.3, -0.25) is 0 Å². The minimum absolute atomic E-state index is 0.216. The van der Waals surface area contributed by atoms with Crippen molar-refractivity contribution in [3.05, 3.63) is 47.4 Å². The maximum atomic E-state index is 6.00. The summed E-state index contributed by atoms with van der Waals surface area (Å²) in [5, 5.41) is 0. The summed E-state index contributed by atoms with van der Waals surface area (Å²) in [6.07, 6.45) is 3.36. The van der Waals surface area contributed by atoms with E-state index in [4.69, 9.17) is 9.31 Å². The van der Waals surface area contributed by atoms with E-state index < -0.39 is 0 Å². The molecule has 1 heterocycles. The number of benzene rings is 1. The van der Waals surface area contributed by atoms with Gasteiger partial charge < -0.3 is 9.31 Å². The SMILES string of the molecule is C/C(=C\B1OC(C)(C)C(C)(C)O1)CCCc1ccccc1. The Balaban J connectivity index is 1.83. The van der Waals surface area contributed by atoms with Crippen molar-refractivity contribution in [2.45, 2.75) is 65.1 Å². The van der Waals surface area contributed by atoms with E-state index in [0.717, 1.165) is 19.3 Å². The van der Waals surface area contributed by atoms with E-state index in [0.29, 0.717) is 0 Å². The molecule has 1 aliphatic heterocycles. The van der Waals surface area contributed by atoms with E-state index in [2.05, 4.69) is 70.9 Å². The van der Waals surface area contributed by atoms with E-state index in [9.17, 15) is 0 Å². The lowest BCUT2D eigenvalue weighted by Gasteiger charge is -2.32. The van der Waals surface area contributed by atoms with Crippen LogP contribution in [0.3, 0.4) is 0 Å². The molecule has 2 rings (SSSR count). The number of rotatable bonds is 5. The molecule has 1 aromatic rings. The van der Waals surface area contributed by atoms with Crippen molar-refractivity contribution in [3.8, 4) is 0 Å². The van der Waals surface area contributed by atoms with Crippen LogP contribution in [0.1, 0.15) is 53.0 Å². The monoisotopic (exact) mass is 286 g/mol. The Bertz CT molecular complexity index is 475. The first-order valence-electron chi connectivity index (χ1n) is 7.87. The van der Waals surface area contributed by atoms with Gasteiger partial charge in [0.25, 0.3) is 0 Å². The maximum absolute atomic E-state index is 6.00. The van der Waals surface area contributed by atoms with Crippen molar-refractivity contribution in [1.29, 1.82) is 0 Å². The summed E-state index contributed by atoms with van der Waals surface area (Å²) in [6.45, 7) is 10.5. The van der Waals surface area contributed by atoms with Crippen LogP contribution in [0.4, 0.5) is 0 Å². The Hall–Kier alpha value is -1.06. The molecular weight excluding hydrogens is 259 g/mol. The third-order valence-electron chi connectivity index (χ3n) is 4.57. The van der Waals surface area contributed by atoms with Crippen LogP contribution >= 0.6 is 0 Å². The number of hydrogen-bond donors (Lipinski definition) is 0. The molecule has 0 atom stereocenters. The first kappa shape index (κ1) is 16.3. The van der Waals surface area contributed by atoms with Gasteiger partial charge in [-0.05, 0) is 59.4 Å². The van der Waals surface area contributed by atoms with Crippen LogP contribution in [0.15, 0.2) is 41.9 Å². The average Bonchev–Trinajstić information content (AvgIpc) is 2.58. The fourth-order valence-corrected chi connectivity index (χ4v) is 2.49. The summed E-state index contributed by atoms with van der Waals surface area (Å²) >= 11 is 0. The second-order valence-corrected chi connectivity index (χ2v) is 6.98. The predicted octanol–water partition coefficient (Wildman–Crippen LogP) is 4.59. The van der Waals surface area contributed by atoms with Crippen LogP contribution < -0.4 is 0 Å². The highest BCUT2D eigenvalue weighted by Gasteiger charge is 2.50. The van der Waals surface area contributed by atoms with Crippen molar-refractivity contribution >= 4 is 7.12 Å². The van der Waals surface area contributed by atoms with E-state index in [1.54, 1.807) is 0 Å². The molecule has 21 heavy (non-hydrogen) atoms. The zero-order chi connectivity index (χ0) is 15.5. The molecule has 0 bridgehead atoms. The van der Waals surface area contributed by atoms with Gasteiger partial charge in [-0.25, -0.2) is 0 Å². The molecule has 114 valence electrons. The van der Waals surface area contributed by atoms with Crippen LogP contribution in [0.2, 0.25) is 0 Å². The molecule has 0 spiro atoms. The van der Waals surface area contributed by atoms with Gasteiger partial charge >= 0.3 is 7.12 Å². The number of hydrogen-bond acceptors (Lipinski definition) is 2. The molecule has 1 aromatic carbocycles. The Kier molecular flexibility index (Phi) is 4.95. The Morgan fingerprint density at radius 2 is 1.62 bits per heavy atom. The van der Waals surface area contributed by atoms with Crippen molar-refractivity contribution in [3.63, 3.8) is 0 Å². The third-order valence-corrected chi connectivity index (χ3v) is 4.57. The average molecular weight is 286 g/mol. The van der Waals surface area contributed by atoms with Crippen molar-refractivity contribution in [1.82, 2.24) is 0 Å². The van der Waals surface area contributed by atoms with Gasteiger partial charge in [0, 0.05) is 0 Å². The Morgan fingerprint density at radius 1 is 1.05 bits per heavy atom. The molecule has 0 amide bonds. The van der Waals surface area contributed by atoms with Gasteiger partial charge in [-0.1, -0.05) is 41.9 Å². The van der Waals surface area contributed by atoms with E-state index in [1.807, 2.05) is 0 Å². The second kappa shape index (κ2) is 6.37. The first-order chi connectivity index (χ1) is 9.80. The van der Waals surface area contributed by atoms with E-state index >= 15 is 0 Å². The maximum Gasteiger partial charge on any atom is 0.487 e. The van der Waals surface area contributed by atoms with Gasteiger partial charge in [0.15, 0.2) is 0 Å². The summed E-state index contributed by atoms with van der Waals surface area (Å²) in [7, 11) is -0.216. The number of aryl methyl sites for hydroxylation is 1. The molecule has 0 N–H and O–H groups in total. The molecule has 0 unspecified atom stereocenters. The fraction of sp³-hybridized carbons (Fsp3) is 0.556. The summed E-state index contributed by atoms with van der Waals surface area (Å²) in [5.74, 6) is 2.13. The predicted molar refractivity (Wildman–Crippen MR) is 89.2 cm³/mol. The molecule has 1 aliphatic rings. The van der Waals surface area contributed by atoms with Crippen LogP contribution in [-0.4, -0.2) is 18.3 Å². The zero-order valence-corrected chi connectivity index (χ0v) is 14.0. The lowest BCUT2D eigenvalue weighted by Crippen LogP contribution is -2.41. The van der Waals surface area contributed by atoms with Crippen LogP contribution in [-0.2, 0) is 15.7 Å². The highest BCUT2D eigenvalue weighted by Crippen LogP contribution is 2.37. The lowest BCUT2D eigenvalue weighted by atomic mass is 9.86. The molecule has 0 aliphatic carbocycles. The molecule has 1 fully saturated rings. The second-order valence-electron chi connectivity index (χ2n) is 6.98. The van der Waals surface area contributed by atoms with Gasteiger partial charge in [0.05, 0.1) is 11.2 Å². The first-order valence-corrected chi connectivity index (χ1v) is 7.87. The lowest BCUT2D eigenvalue weighted by molar-refractivity contribution is 0.00578. The summed E-state index contributed by atoms with van der Waals surface area (Å²) in [4.78, 5) is 0. The molecule has 2 nitrogen and oxygen atoms in total. The largest absolute Gasteiger partial charge is 0.487 e. The van der Waals surface area contributed by atoms with E-state index in [-0.39, 0.29) is 18.3 Å². The van der Waals surface area contributed by atoms with Gasteiger partial charge in [-0.15, -0.1) is 0 Å². The molecule has 1 saturated heterocycles. The number of allylic oxidation sites excluding steroid dienone is 1. The van der Waals surface area contributed by atoms with Gasteiger partial charge in [0.1, 0.15) is 0 Å². The smallest absolute Gasteiger partial charge is 0.400 e. The molecule has 0 radical (unpaired) electrons. The Morgan fingerprint density at radius 3 is 2.19 bits per heavy atom. The van der Waals surface area contributed by atoms with Crippen molar-refractivity contribution in [2.75, 3.05) is 0 Å². The highest BCUT2D eigenvalue weighted by atomic mass is 16.7. The molecular formula is C18H27BO2. The summed E-state index contributed by atoms with van der Waals surface area (Å²) in [6, 6.07) is 10.6. The minimum Gasteiger partial charge on any atom is -0.400 e. The summed E-state index contributed by atoms with van der Waals surface area (Å²) < 4.78 is 12.0. The molecule has 3 heteroatoms. The quantitative estimate of drug-likeness (QED) is 0.737. The molecule has 0 aromatic heterocycles. The van der Waals surface area contributed by atoms with Gasteiger partial charge in [-0.2, -0.15) is 0 Å². The van der Waals surface area contributed by atoms with Crippen molar-refractivity contribution < 1.29 is 9.31 Å². The normalized spacial score (nSPS) is 20.8. The highest BCUT2D eigenvalue weighted by molar-refractivity contribution is 6.51. The van der Waals surface area contributed by atoms with Crippen molar-refractivity contribution in [2.24, 2.45) is 0 Å². The Labute approximate surface area is 129 Å². The topological polar surface area (TPSA) is 18.5 Å². The van der Waals surface area contributed by atoms with Crippen LogP contribution in [0.5, 0.6) is 0 Å². The summed E-state index contributed by atoms with van der Waals surface area (Å²) in [5.41, 5.74) is 2.24. The molecule has 0 saturated carbocycles. The fourth-order valence-electron chi connectivity index (χ4n) is 2.49. The van der Waals surface area contributed by atoms with E-state index in [1.165, 1.54) is 11.1 Å². The van der Waals surface area contributed by atoms with Gasteiger partial charge in [0.2, 0.25) is 0 Å². The third kappa shape index (κ3) is 4.21.